The molecule has 2 N–H and O–H groups in total. The SMILES string of the molecule is O=C(O)c1c(NCc2c(Cl)cccc2Cl)ccc2nccn12. The molecule has 0 saturated carbocycles. The van der Waals surface area contributed by atoms with E-state index >= 15 is 0 Å². The van der Waals surface area contributed by atoms with Gasteiger partial charge < -0.3 is 10.4 Å². The van der Waals surface area contributed by atoms with Crippen LogP contribution in [-0.4, -0.2) is 20.5 Å². The van der Waals surface area contributed by atoms with Gasteiger partial charge in [-0.3, -0.25) is 4.40 Å². The van der Waals surface area contributed by atoms with E-state index in [-0.39, 0.29) is 5.69 Å². The molecule has 3 aromatic rings. The van der Waals surface area contributed by atoms with Crippen molar-refractivity contribution in [2.24, 2.45) is 0 Å². The van der Waals surface area contributed by atoms with Gasteiger partial charge in [-0.1, -0.05) is 29.3 Å². The lowest BCUT2D eigenvalue weighted by Crippen LogP contribution is -2.11. The number of carbonyl (C=O) groups is 1. The van der Waals surface area contributed by atoms with Crippen LogP contribution in [0.1, 0.15) is 16.1 Å². The Labute approximate surface area is 136 Å². The van der Waals surface area contributed by atoms with Gasteiger partial charge in [0.1, 0.15) is 5.65 Å². The van der Waals surface area contributed by atoms with Gasteiger partial charge in [0.2, 0.25) is 0 Å². The molecule has 0 aliphatic carbocycles. The summed E-state index contributed by atoms with van der Waals surface area (Å²) in [4.78, 5) is 15.6. The number of halogens is 2. The number of fused-ring (bicyclic) bond motifs is 1. The maximum absolute atomic E-state index is 11.5. The van der Waals surface area contributed by atoms with Crippen molar-refractivity contribution in [3.63, 3.8) is 0 Å². The predicted octanol–water partition coefficient (Wildman–Crippen LogP) is 3.95. The fourth-order valence-corrected chi connectivity index (χ4v) is 2.77. The Hall–Kier alpha value is -2.24. The minimum atomic E-state index is -1.05. The van der Waals surface area contributed by atoms with Gasteiger partial charge in [-0.05, 0) is 24.3 Å². The molecule has 0 radical (unpaired) electrons. The molecule has 0 atom stereocenters. The van der Waals surface area contributed by atoms with Crippen LogP contribution in [0.4, 0.5) is 5.69 Å². The van der Waals surface area contributed by atoms with Crippen molar-refractivity contribution >= 4 is 40.5 Å². The molecule has 0 spiro atoms. The van der Waals surface area contributed by atoms with Gasteiger partial charge in [-0.15, -0.1) is 0 Å². The summed E-state index contributed by atoms with van der Waals surface area (Å²) in [5.74, 6) is -1.05. The normalized spacial score (nSPS) is 10.8. The third kappa shape index (κ3) is 2.61. The van der Waals surface area contributed by atoms with E-state index in [9.17, 15) is 9.90 Å². The molecule has 0 aliphatic heterocycles. The maximum Gasteiger partial charge on any atom is 0.355 e. The minimum Gasteiger partial charge on any atom is -0.476 e. The van der Waals surface area contributed by atoms with Crippen LogP contribution in [0.25, 0.3) is 5.65 Å². The summed E-state index contributed by atoms with van der Waals surface area (Å²) in [7, 11) is 0. The van der Waals surface area contributed by atoms with Crippen molar-refractivity contribution in [3.05, 3.63) is 64.0 Å². The molecule has 0 amide bonds. The number of aromatic carboxylic acids is 1. The highest BCUT2D eigenvalue weighted by atomic mass is 35.5. The number of imidazole rings is 1. The highest BCUT2D eigenvalue weighted by Crippen LogP contribution is 2.26. The molecule has 2 aromatic heterocycles. The third-order valence-electron chi connectivity index (χ3n) is 3.28. The van der Waals surface area contributed by atoms with Crippen molar-refractivity contribution in [3.8, 4) is 0 Å². The van der Waals surface area contributed by atoms with Crippen LogP contribution < -0.4 is 5.32 Å². The smallest absolute Gasteiger partial charge is 0.355 e. The quantitative estimate of drug-likeness (QED) is 0.757. The van der Waals surface area contributed by atoms with Crippen molar-refractivity contribution in [1.29, 1.82) is 0 Å². The first-order valence-electron chi connectivity index (χ1n) is 6.44. The molecule has 0 fully saturated rings. The van der Waals surface area contributed by atoms with Gasteiger partial charge >= 0.3 is 5.97 Å². The van der Waals surface area contributed by atoms with Crippen LogP contribution >= 0.6 is 23.2 Å². The molecule has 3 rings (SSSR count). The van der Waals surface area contributed by atoms with Crippen LogP contribution in [-0.2, 0) is 6.54 Å². The van der Waals surface area contributed by atoms with Gasteiger partial charge in [0.15, 0.2) is 5.69 Å². The molecule has 7 heteroatoms. The Morgan fingerprint density at radius 3 is 2.64 bits per heavy atom. The molecule has 112 valence electrons. The Morgan fingerprint density at radius 2 is 1.95 bits per heavy atom. The summed E-state index contributed by atoms with van der Waals surface area (Å²) in [6.45, 7) is 0.318. The number of hydrogen-bond acceptors (Lipinski definition) is 3. The number of anilines is 1. The lowest BCUT2D eigenvalue weighted by molar-refractivity contribution is 0.0690. The number of nitrogens with one attached hydrogen (secondary N) is 1. The molecule has 2 heterocycles. The molecule has 5 nitrogen and oxygen atoms in total. The summed E-state index contributed by atoms with van der Waals surface area (Å²) in [5, 5.41) is 13.6. The second kappa shape index (κ2) is 5.87. The molecule has 0 unspecified atom stereocenters. The van der Waals surface area contributed by atoms with E-state index in [4.69, 9.17) is 23.2 Å². The number of nitrogens with zero attached hydrogens (tertiary/aromatic N) is 2. The van der Waals surface area contributed by atoms with E-state index in [1.165, 1.54) is 4.40 Å². The van der Waals surface area contributed by atoms with Gasteiger partial charge in [0, 0.05) is 34.5 Å². The summed E-state index contributed by atoms with van der Waals surface area (Å²) < 4.78 is 1.51. The first kappa shape index (κ1) is 14.7. The van der Waals surface area contributed by atoms with E-state index in [0.717, 1.165) is 0 Å². The number of rotatable bonds is 4. The third-order valence-corrected chi connectivity index (χ3v) is 3.99. The van der Waals surface area contributed by atoms with Crippen LogP contribution in [0, 0.1) is 0 Å². The summed E-state index contributed by atoms with van der Waals surface area (Å²) in [6.07, 6.45) is 3.16. The van der Waals surface area contributed by atoms with Gasteiger partial charge in [0.25, 0.3) is 0 Å². The average molecular weight is 336 g/mol. The molecular formula is C15H11Cl2N3O2. The topological polar surface area (TPSA) is 66.6 Å². The van der Waals surface area contributed by atoms with Crippen LogP contribution in [0.2, 0.25) is 10.0 Å². The van der Waals surface area contributed by atoms with E-state index < -0.39 is 5.97 Å². The van der Waals surface area contributed by atoms with Crippen LogP contribution in [0.3, 0.4) is 0 Å². The maximum atomic E-state index is 11.5. The van der Waals surface area contributed by atoms with E-state index in [2.05, 4.69) is 10.3 Å². The lowest BCUT2D eigenvalue weighted by atomic mass is 10.2. The highest BCUT2D eigenvalue weighted by Gasteiger charge is 2.15. The predicted molar refractivity (Wildman–Crippen MR) is 85.9 cm³/mol. The molecule has 0 aliphatic rings. The molecule has 0 saturated heterocycles. The number of benzene rings is 1. The zero-order chi connectivity index (χ0) is 15.7. The fourth-order valence-electron chi connectivity index (χ4n) is 2.24. The molecular weight excluding hydrogens is 325 g/mol. The van der Waals surface area contributed by atoms with Crippen molar-refractivity contribution in [1.82, 2.24) is 9.38 Å². The molecule has 0 bridgehead atoms. The second-order valence-corrected chi connectivity index (χ2v) is 5.42. The summed E-state index contributed by atoms with van der Waals surface area (Å²) in [5.41, 5.74) is 1.86. The summed E-state index contributed by atoms with van der Waals surface area (Å²) in [6, 6.07) is 8.65. The van der Waals surface area contributed by atoms with E-state index in [0.29, 0.717) is 33.5 Å². The van der Waals surface area contributed by atoms with Crippen LogP contribution in [0.5, 0.6) is 0 Å². The zero-order valence-corrected chi connectivity index (χ0v) is 12.8. The van der Waals surface area contributed by atoms with E-state index in [1.807, 2.05) is 0 Å². The van der Waals surface area contributed by atoms with Crippen molar-refractivity contribution < 1.29 is 9.90 Å². The monoisotopic (exact) mass is 335 g/mol. The van der Waals surface area contributed by atoms with Crippen LogP contribution in [0.15, 0.2) is 42.7 Å². The number of hydrogen-bond donors (Lipinski definition) is 2. The highest BCUT2D eigenvalue weighted by molar-refractivity contribution is 6.36. The minimum absolute atomic E-state index is 0.109. The van der Waals surface area contributed by atoms with E-state index in [1.54, 1.807) is 42.7 Å². The first-order valence-corrected chi connectivity index (χ1v) is 7.19. The van der Waals surface area contributed by atoms with Crippen molar-refractivity contribution in [2.75, 3.05) is 5.32 Å². The zero-order valence-electron chi connectivity index (χ0n) is 11.3. The van der Waals surface area contributed by atoms with Gasteiger partial charge in [-0.25, -0.2) is 9.78 Å². The Balaban J connectivity index is 1.97. The number of aromatic nitrogens is 2. The molecule has 22 heavy (non-hydrogen) atoms. The van der Waals surface area contributed by atoms with Crippen molar-refractivity contribution in [2.45, 2.75) is 6.54 Å². The first-order chi connectivity index (χ1) is 10.6. The standard InChI is InChI=1S/C15H11Cl2N3O2/c16-10-2-1-3-11(17)9(10)8-19-12-4-5-13-18-6-7-20(13)14(12)15(21)22/h1-7,19H,8H2,(H,21,22). The Morgan fingerprint density at radius 1 is 1.23 bits per heavy atom. The average Bonchev–Trinajstić information content (AvgIpc) is 2.94. The largest absolute Gasteiger partial charge is 0.476 e. The lowest BCUT2D eigenvalue weighted by Gasteiger charge is -2.13. The van der Waals surface area contributed by atoms with Gasteiger partial charge in [-0.2, -0.15) is 0 Å². The number of pyridine rings is 1. The summed E-state index contributed by atoms with van der Waals surface area (Å²) >= 11 is 12.2. The number of carboxylic acid groups (broad SMARTS) is 1. The Bertz CT molecular complexity index is 841. The van der Waals surface area contributed by atoms with Gasteiger partial charge in [0.05, 0.1) is 5.69 Å². The molecule has 1 aromatic carbocycles. The second-order valence-electron chi connectivity index (χ2n) is 4.61. The number of carboxylic acids is 1. The fraction of sp³-hybridized carbons (Fsp3) is 0.0667. The Kier molecular flexibility index (Phi) is 3.92.